The van der Waals surface area contributed by atoms with E-state index in [0.29, 0.717) is 72.9 Å². The van der Waals surface area contributed by atoms with Crippen molar-refractivity contribution >= 4 is 44.7 Å². The third-order valence-corrected chi connectivity index (χ3v) is 14.5. The Balaban J connectivity index is 1.23. The first-order valence-corrected chi connectivity index (χ1v) is 22.2. The van der Waals surface area contributed by atoms with Crippen LogP contribution in [0.25, 0.3) is 10.9 Å². The lowest BCUT2D eigenvalue weighted by Crippen LogP contribution is -2.64. The maximum absolute atomic E-state index is 14.8. The second-order valence-electron chi connectivity index (χ2n) is 18.2. The first-order chi connectivity index (χ1) is 28.1. The molecule has 3 aliphatic heterocycles. The van der Waals surface area contributed by atoms with Gasteiger partial charge in [0.2, 0.25) is 21.8 Å². The van der Waals surface area contributed by atoms with E-state index in [9.17, 15) is 40.8 Å². The van der Waals surface area contributed by atoms with E-state index >= 15 is 0 Å². The van der Waals surface area contributed by atoms with Crippen LogP contribution in [0.4, 0.5) is 18.0 Å². The van der Waals surface area contributed by atoms with Crippen molar-refractivity contribution in [3.63, 3.8) is 0 Å². The number of fused-ring (bicyclic) bond motifs is 6. The molecule has 6 atom stereocenters. The van der Waals surface area contributed by atoms with Gasteiger partial charge in [-0.1, -0.05) is 25.0 Å². The van der Waals surface area contributed by atoms with Crippen LogP contribution in [-0.4, -0.2) is 95.5 Å². The lowest BCUT2D eigenvalue weighted by Gasteiger charge is -2.44. The minimum Gasteiger partial charge on any atom is -0.486 e. The number of rotatable bonds is 6. The first kappa shape index (κ1) is 43.5. The second-order valence-corrected chi connectivity index (χ2v) is 20.4. The minimum absolute atomic E-state index is 0.0104. The van der Waals surface area contributed by atoms with Crippen LogP contribution in [0.15, 0.2) is 30.4 Å². The molecular formula is C42H54F3N5O9S. The van der Waals surface area contributed by atoms with Gasteiger partial charge in [0.15, 0.2) is 6.61 Å². The Labute approximate surface area is 347 Å². The lowest BCUT2D eigenvalue weighted by molar-refractivity contribution is -0.153. The summed E-state index contributed by atoms with van der Waals surface area (Å²) in [5, 5.41) is 6.21. The van der Waals surface area contributed by atoms with Crippen molar-refractivity contribution in [1.82, 2.24) is 25.2 Å². The van der Waals surface area contributed by atoms with Crippen LogP contribution < -0.4 is 24.8 Å². The highest BCUT2D eigenvalue weighted by molar-refractivity contribution is 7.91. The minimum atomic E-state index is -4.54. The fourth-order valence-corrected chi connectivity index (χ4v) is 9.87. The van der Waals surface area contributed by atoms with Crippen LogP contribution in [0.5, 0.6) is 11.5 Å². The Morgan fingerprint density at radius 2 is 1.85 bits per heavy atom. The number of hydrogen-bond donors (Lipinski definition) is 3. The number of piperidine rings is 1. The fraction of sp³-hybridized carbons (Fsp3) is 0.643. The summed E-state index contributed by atoms with van der Waals surface area (Å²) in [6, 6.07) is 2.29. The molecule has 328 valence electrons. The zero-order chi connectivity index (χ0) is 43.4. The number of aromatic nitrogens is 1. The van der Waals surface area contributed by atoms with Gasteiger partial charge in [-0.15, -0.1) is 0 Å². The number of nitrogens with zero attached hydrogens (tertiary/aromatic N) is 2. The number of pyridine rings is 1. The summed E-state index contributed by atoms with van der Waals surface area (Å²) in [7, 11) is -4.04. The van der Waals surface area contributed by atoms with Gasteiger partial charge in [-0.3, -0.25) is 19.1 Å². The van der Waals surface area contributed by atoms with Crippen molar-refractivity contribution in [2.24, 2.45) is 11.8 Å². The Bertz CT molecular complexity index is 2190. The number of ether oxygens (including phenoxy) is 3. The van der Waals surface area contributed by atoms with E-state index in [1.807, 2.05) is 12.2 Å². The molecule has 1 saturated heterocycles. The maximum Gasteiger partial charge on any atom is 0.422 e. The molecule has 1 unspecified atom stereocenters. The van der Waals surface area contributed by atoms with E-state index in [4.69, 9.17) is 14.2 Å². The third kappa shape index (κ3) is 9.32. The highest BCUT2D eigenvalue weighted by Crippen LogP contribution is 2.48. The molecule has 2 saturated carbocycles. The number of benzene rings is 1. The van der Waals surface area contributed by atoms with Crippen molar-refractivity contribution in [3.05, 3.63) is 41.6 Å². The molecule has 2 aliphatic carbocycles. The van der Waals surface area contributed by atoms with Gasteiger partial charge in [0.1, 0.15) is 40.8 Å². The standard InChI is InChI=1S/C42H54F3N5O9S/c1-24-34-28(29-20-27(14-16-30(29)46-24)57-23-42(43,44)45)15-13-25-19-32-35(51)48-41(37(53)49-60(55,56)40(5)17-18-40)21-26(41)11-9-7-6-8-10-12-31(47-38(54)59-39(2,3)4)36(52)50(32)22-33(25)58-34/h9,11,14,16,20,25-26,31-33H,6-8,10,12-13,15,17-19,21-23H2,1-5H3,(H,47,54)(H,48,51)(H,49,53)/b11-9-/t25-,26?,31-,32-,33-,41+/m0/s1. The number of halogens is 3. The van der Waals surface area contributed by atoms with E-state index in [2.05, 4.69) is 20.3 Å². The van der Waals surface area contributed by atoms with Gasteiger partial charge in [-0.25, -0.2) is 18.2 Å². The van der Waals surface area contributed by atoms with Crippen molar-refractivity contribution in [3.8, 4) is 11.5 Å². The molecule has 7 rings (SSSR count). The van der Waals surface area contributed by atoms with Gasteiger partial charge in [-0.2, -0.15) is 13.2 Å². The monoisotopic (exact) mass is 861 g/mol. The molecule has 3 N–H and O–H groups in total. The number of nitrogens with one attached hydrogen (secondary N) is 3. The van der Waals surface area contributed by atoms with Crippen LogP contribution in [0.3, 0.4) is 0 Å². The number of sulfonamides is 1. The van der Waals surface area contributed by atoms with E-state index in [0.717, 1.165) is 6.42 Å². The van der Waals surface area contributed by atoms with Crippen LogP contribution >= 0.6 is 0 Å². The Hall–Kier alpha value is -4.61. The average molecular weight is 862 g/mol. The summed E-state index contributed by atoms with van der Waals surface area (Å²) in [5.41, 5.74) is -0.660. The smallest absolute Gasteiger partial charge is 0.422 e. The average Bonchev–Trinajstić information content (AvgIpc) is 4.08. The van der Waals surface area contributed by atoms with E-state index in [-0.39, 0.29) is 37.5 Å². The number of aryl methyl sites for hydroxylation is 2. The SMILES string of the molecule is Cc1nc2ccc(OCC(F)(F)F)cc2c2c1O[C@H]1CN3C(=O)[C@@H](NC(=O)OC(C)(C)C)CCCCC/C=C\C4C[C@@]4(C(=O)NS(=O)(=O)C4(C)CC4)NC(=O)[C@@H]3C[C@@H]1CC2. The molecule has 2 aromatic rings. The first-order valence-electron chi connectivity index (χ1n) is 20.7. The van der Waals surface area contributed by atoms with Crippen LogP contribution in [0.1, 0.15) is 103 Å². The molecule has 1 aromatic carbocycles. The molecule has 5 aliphatic rings. The summed E-state index contributed by atoms with van der Waals surface area (Å²) in [5.74, 6) is -2.41. The summed E-state index contributed by atoms with van der Waals surface area (Å²) in [6.45, 7) is 6.88. The summed E-state index contributed by atoms with van der Waals surface area (Å²) < 4.78 is 84.1. The summed E-state index contributed by atoms with van der Waals surface area (Å²) in [6.07, 6.45) is 2.63. The van der Waals surface area contributed by atoms with Gasteiger partial charge in [-0.05, 0) is 111 Å². The van der Waals surface area contributed by atoms with Crippen molar-refractivity contribution < 1.29 is 55.0 Å². The number of hydrogen-bond acceptors (Lipinski definition) is 10. The Kier molecular flexibility index (Phi) is 11.6. The van der Waals surface area contributed by atoms with Crippen LogP contribution in [0.2, 0.25) is 0 Å². The van der Waals surface area contributed by atoms with Gasteiger partial charge in [0, 0.05) is 22.8 Å². The zero-order valence-corrected chi connectivity index (χ0v) is 35.4. The number of amides is 4. The molecule has 0 radical (unpaired) electrons. The van der Waals surface area contributed by atoms with Gasteiger partial charge in [0.25, 0.3) is 5.91 Å². The molecule has 3 fully saturated rings. The van der Waals surface area contributed by atoms with Crippen molar-refractivity contribution in [1.29, 1.82) is 0 Å². The quantitative estimate of drug-likeness (QED) is 0.306. The predicted molar refractivity (Wildman–Crippen MR) is 213 cm³/mol. The van der Waals surface area contributed by atoms with Gasteiger partial charge < -0.3 is 29.7 Å². The summed E-state index contributed by atoms with van der Waals surface area (Å²) in [4.78, 5) is 62.8. The van der Waals surface area contributed by atoms with Crippen LogP contribution in [-0.2, 0) is 35.6 Å². The molecule has 0 bridgehead atoms. The van der Waals surface area contributed by atoms with Crippen LogP contribution in [0, 0.1) is 18.8 Å². The highest BCUT2D eigenvalue weighted by Gasteiger charge is 2.63. The largest absolute Gasteiger partial charge is 0.486 e. The number of alkyl carbamates (subject to hydrolysis) is 1. The molecule has 1 aromatic heterocycles. The molecule has 0 spiro atoms. The number of alkyl halides is 3. The zero-order valence-electron chi connectivity index (χ0n) is 34.6. The topological polar surface area (TPSA) is 182 Å². The highest BCUT2D eigenvalue weighted by atomic mass is 32.2. The lowest BCUT2D eigenvalue weighted by atomic mass is 9.83. The van der Waals surface area contributed by atoms with Crippen molar-refractivity contribution in [2.45, 2.75) is 145 Å². The number of allylic oxidation sites excluding steroid dienone is 1. The molecule has 4 amide bonds. The second kappa shape index (κ2) is 16.0. The molecule has 60 heavy (non-hydrogen) atoms. The number of carbonyl (C=O) groups excluding carboxylic acids is 4. The Morgan fingerprint density at radius 3 is 2.55 bits per heavy atom. The molecule has 18 heteroatoms. The third-order valence-electron chi connectivity index (χ3n) is 12.3. The van der Waals surface area contributed by atoms with E-state index in [1.165, 1.54) is 17.0 Å². The maximum atomic E-state index is 14.8. The molecule has 14 nitrogen and oxygen atoms in total. The van der Waals surface area contributed by atoms with E-state index in [1.54, 1.807) is 40.7 Å². The molecule has 4 heterocycles. The van der Waals surface area contributed by atoms with E-state index < -0.39 is 86.6 Å². The normalized spacial score (nSPS) is 28.7. The molecular weight excluding hydrogens is 808 g/mol. The Morgan fingerprint density at radius 1 is 1.10 bits per heavy atom. The predicted octanol–water partition coefficient (Wildman–Crippen LogP) is 5.68. The van der Waals surface area contributed by atoms with Crippen molar-refractivity contribution in [2.75, 3.05) is 13.2 Å². The summed E-state index contributed by atoms with van der Waals surface area (Å²) >= 11 is 0. The van der Waals surface area contributed by atoms with Gasteiger partial charge in [0.05, 0.1) is 22.5 Å². The van der Waals surface area contributed by atoms with Gasteiger partial charge >= 0.3 is 12.3 Å². The fourth-order valence-electron chi connectivity index (χ4n) is 8.55. The number of carbonyl (C=O) groups is 4.